The van der Waals surface area contributed by atoms with E-state index in [1.54, 1.807) is 17.5 Å². The van der Waals surface area contributed by atoms with Crippen LogP contribution in [0, 0.1) is 0 Å². The van der Waals surface area contributed by atoms with Gasteiger partial charge in [-0.3, -0.25) is 4.98 Å². The van der Waals surface area contributed by atoms with Crippen molar-refractivity contribution in [3.63, 3.8) is 0 Å². The monoisotopic (exact) mass is 280 g/mol. The Morgan fingerprint density at radius 1 is 1.15 bits per heavy atom. The zero-order chi connectivity index (χ0) is 13.4. The molecule has 4 nitrogen and oxygen atoms in total. The van der Waals surface area contributed by atoms with Gasteiger partial charge in [0.1, 0.15) is 10.8 Å². The molecule has 3 aromatic rings. The number of fused-ring (bicyclic) bond motifs is 1. The molecule has 0 fully saturated rings. The van der Waals surface area contributed by atoms with Crippen LogP contribution in [0.4, 0.5) is 5.82 Å². The summed E-state index contributed by atoms with van der Waals surface area (Å²) in [6, 6.07) is 6.20. The molecule has 0 saturated heterocycles. The van der Waals surface area contributed by atoms with Crippen molar-refractivity contribution in [3.05, 3.63) is 58.9 Å². The maximum atomic E-state index is 4.53. The molecular formula is C15H12N4S. The molecule has 0 amide bonds. The Labute approximate surface area is 120 Å². The minimum absolute atomic E-state index is 0.300. The van der Waals surface area contributed by atoms with Crippen molar-refractivity contribution in [1.29, 1.82) is 0 Å². The molecule has 0 bridgehead atoms. The molecule has 1 unspecified atom stereocenters. The van der Waals surface area contributed by atoms with E-state index in [9.17, 15) is 0 Å². The fraction of sp³-hybridized carbons (Fsp3) is 0.133. The number of thiazole rings is 1. The topological polar surface area (TPSA) is 50.7 Å². The predicted octanol–water partition coefficient (Wildman–Crippen LogP) is 3.16. The van der Waals surface area contributed by atoms with Gasteiger partial charge in [-0.05, 0) is 12.1 Å². The third-order valence-corrected chi connectivity index (χ3v) is 4.40. The lowest BCUT2D eigenvalue weighted by atomic mass is 10.0. The van der Waals surface area contributed by atoms with Crippen LogP contribution in [0.3, 0.4) is 0 Å². The van der Waals surface area contributed by atoms with Crippen LogP contribution < -0.4 is 5.32 Å². The van der Waals surface area contributed by atoms with Crippen LogP contribution in [-0.2, 0) is 0 Å². The molecule has 0 radical (unpaired) electrons. The van der Waals surface area contributed by atoms with Gasteiger partial charge < -0.3 is 5.32 Å². The smallest absolute Gasteiger partial charge is 0.129 e. The normalized spacial score (nSPS) is 16.7. The van der Waals surface area contributed by atoms with E-state index in [0.717, 1.165) is 28.5 Å². The molecule has 1 aliphatic heterocycles. The fourth-order valence-corrected chi connectivity index (χ4v) is 3.28. The highest BCUT2D eigenvalue weighted by Crippen LogP contribution is 2.37. The molecule has 1 atom stereocenters. The third kappa shape index (κ3) is 1.87. The van der Waals surface area contributed by atoms with Gasteiger partial charge in [0.15, 0.2) is 0 Å². The number of aromatic nitrogens is 3. The molecule has 0 aromatic carbocycles. The van der Waals surface area contributed by atoms with E-state index in [0.29, 0.717) is 5.92 Å². The summed E-state index contributed by atoms with van der Waals surface area (Å²) in [4.78, 5) is 13.1. The second kappa shape index (κ2) is 4.68. The van der Waals surface area contributed by atoms with Crippen molar-refractivity contribution >= 4 is 17.2 Å². The van der Waals surface area contributed by atoms with Crippen LogP contribution in [0.1, 0.15) is 16.5 Å². The average Bonchev–Trinajstić information content (AvgIpc) is 3.16. The zero-order valence-electron chi connectivity index (χ0n) is 10.7. The molecule has 0 aliphatic carbocycles. The van der Waals surface area contributed by atoms with Crippen molar-refractivity contribution in [3.8, 4) is 11.1 Å². The second-order valence-corrected chi connectivity index (χ2v) is 5.63. The fourth-order valence-electron chi connectivity index (χ4n) is 2.52. The summed E-state index contributed by atoms with van der Waals surface area (Å²) < 4.78 is 0. The Morgan fingerprint density at radius 3 is 2.95 bits per heavy atom. The lowest BCUT2D eigenvalue weighted by Crippen LogP contribution is -2.02. The Kier molecular flexibility index (Phi) is 2.70. The SMILES string of the molecule is c1cncc(-c2cnc3c(c2)C(c2nccs2)CN3)c1. The minimum atomic E-state index is 0.300. The van der Waals surface area contributed by atoms with Gasteiger partial charge in [0.05, 0.1) is 5.92 Å². The summed E-state index contributed by atoms with van der Waals surface area (Å²) >= 11 is 1.69. The van der Waals surface area contributed by atoms with Crippen LogP contribution >= 0.6 is 11.3 Å². The number of pyridine rings is 2. The maximum Gasteiger partial charge on any atom is 0.129 e. The summed E-state index contributed by atoms with van der Waals surface area (Å²) in [6.07, 6.45) is 7.40. The van der Waals surface area contributed by atoms with Gasteiger partial charge in [0.2, 0.25) is 0 Å². The second-order valence-electron chi connectivity index (χ2n) is 4.71. The van der Waals surface area contributed by atoms with Gasteiger partial charge in [-0.2, -0.15) is 0 Å². The number of rotatable bonds is 2. The summed E-state index contributed by atoms with van der Waals surface area (Å²) in [6.45, 7) is 0.867. The van der Waals surface area contributed by atoms with E-state index in [2.05, 4.69) is 32.4 Å². The van der Waals surface area contributed by atoms with E-state index in [4.69, 9.17) is 0 Å². The highest BCUT2D eigenvalue weighted by molar-refractivity contribution is 7.09. The van der Waals surface area contributed by atoms with Gasteiger partial charge in [-0.1, -0.05) is 6.07 Å². The maximum absolute atomic E-state index is 4.53. The molecule has 1 aliphatic rings. The largest absolute Gasteiger partial charge is 0.369 e. The molecule has 1 N–H and O–H groups in total. The van der Waals surface area contributed by atoms with Crippen LogP contribution in [-0.4, -0.2) is 21.5 Å². The van der Waals surface area contributed by atoms with Crippen molar-refractivity contribution in [2.75, 3.05) is 11.9 Å². The Morgan fingerprint density at radius 2 is 2.15 bits per heavy atom. The first-order chi connectivity index (χ1) is 9.92. The summed E-state index contributed by atoms with van der Waals surface area (Å²) in [5, 5.41) is 6.52. The highest BCUT2D eigenvalue weighted by Gasteiger charge is 2.27. The van der Waals surface area contributed by atoms with Gasteiger partial charge in [0, 0.05) is 53.4 Å². The Balaban J connectivity index is 1.79. The lowest BCUT2D eigenvalue weighted by molar-refractivity contribution is 0.891. The lowest BCUT2D eigenvalue weighted by Gasteiger charge is -2.08. The highest BCUT2D eigenvalue weighted by atomic mass is 32.1. The van der Waals surface area contributed by atoms with Crippen LogP contribution in [0.2, 0.25) is 0 Å². The molecule has 3 aromatic heterocycles. The van der Waals surface area contributed by atoms with Crippen molar-refractivity contribution in [2.45, 2.75) is 5.92 Å². The molecule has 0 spiro atoms. The number of nitrogens with zero attached hydrogens (tertiary/aromatic N) is 3. The quantitative estimate of drug-likeness (QED) is 0.783. The molecular weight excluding hydrogens is 268 g/mol. The Bertz CT molecular complexity index is 725. The van der Waals surface area contributed by atoms with Crippen molar-refractivity contribution < 1.29 is 0 Å². The molecule has 4 rings (SSSR count). The van der Waals surface area contributed by atoms with Gasteiger partial charge in [-0.25, -0.2) is 9.97 Å². The Hall–Kier alpha value is -2.27. The first-order valence-electron chi connectivity index (χ1n) is 6.45. The molecule has 5 heteroatoms. The van der Waals surface area contributed by atoms with Crippen LogP contribution in [0.5, 0.6) is 0 Å². The van der Waals surface area contributed by atoms with E-state index in [-0.39, 0.29) is 0 Å². The van der Waals surface area contributed by atoms with Crippen molar-refractivity contribution in [1.82, 2.24) is 15.0 Å². The number of anilines is 1. The van der Waals surface area contributed by atoms with E-state index in [1.165, 1.54) is 5.56 Å². The molecule has 4 heterocycles. The van der Waals surface area contributed by atoms with Crippen LogP contribution in [0.15, 0.2) is 48.4 Å². The van der Waals surface area contributed by atoms with Gasteiger partial charge in [-0.15, -0.1) is 11.3 Å². The van der Waals surface area contributed by atoms with E-state index < -0.39 is 0 Å². The number of hydrogen-bond donors (Lipinski definition) is 1. The number of nitrogens with one attached hydrogen (secondary N) is 1. The standard InChI is InChI=1S/C15H12N4S/c1-2-10(7-16-3-1)11-6-12-13(15-17-4-5-20-15)9-19-14(12)18-8-11/h1-8,13H,9H2,(H,18,19). The van der Waals surface area contributed by atoms with E-state index >= 15 is 0 Å². The van der Waals surface area contributed by atoms with Gasteiger partial charge in [0.25, 0.3) is 0 Å². The van der Waals surface area contributed by atoms with Crippen molar-refractivity contribution in [2.24, 2.45) is 0 Å². The third-order valence-electron chi connectivity index (χ3n) is 3.51. The molecule has 98 valence electrons. The minimum Gasteiger partial charge on any atom is -0.369 e. The van der Waals surface area contributed by atoms with E-state index in [1.807, 2.05) is 30.0 Å². The summed E-state index contributed by atoms with van der Waals surface area (Å²) in [5.74, 6) is 1.27. The summed E-state index contributed by atoms with van der Waals surface area (Å²) in [5.41, 5.74) is 3.41. The molecule has 20 heavy (non-hydrogen) atoms. The number of hydrogen-bond acceptors (Lipinski definition) is 5. The summed E-state index contributed by atoms with van der Waals surface area (Å²) in [7, 11) is 0. The average molecular weight is 280 g/mol. The van der Waals surface area contributed by atoms with Crippen LogP contribution in [0.25, 0.3) is 11.1 Å². The van der Waals surface area contributed by atoms with Gasteiger partial charge >= 0.3 is 0 Å². The molecule has 0 saturated carbocycles. The first kappa shape index (κ1) is 11.5. The predicted molar refractivity (Wildman–Crippen MR) is 79.9 cm³/mol. The first-order valence-corrected chi connectivity index (χ1v) is 7.33. The zero-order valence-corrected chi connectivity index (χ0v) is 11.5.